The molecule has 0 saturated carbocycles. The number of hydrogen-bond acceptors (Lipinski definition) is 4. The van der Waals surface area contributed by atoms with Gasteiger partial charge in [0.2, 0.25) is 0 Å². The Morgan fingerprint density at radius 3 is 2.62 bits per heavy atom. The molecule has 0 unspecified atom stereocenters. The lowest BCUT2D eigenvalue weighted by atomic mass is 10.1. The predicted octanol–water partition coefficient (Wildman–Crippen LogP) is 2.30. The number of carbonyl (C=O) groups is 1. The summed E-state index contributed by atoms with van der Waals surface area (Å²) in [6, 6.07) is 1.67. The normalized spacial score (nSPS) is 9.94. The van der Waals surface area contributed by atoms with Crippen molar-refractivity contribution in [3.63, 3.8) is 0 Å². The van der Waals surface area contributed by atoms with E-state index in [1.165, 1.54) is 14.2 Å². The van der Waals surface area contributed by atoms with Crippen molar-refractivity contribution >= 4 is 22.2 Å². The highest BCUT2D eigenvalue weighted by atomic mass is 79.9. The molecule has 0 aliphatic rings. The van der Waals surface area contributed by atoms with Crippen LogP contribution in [0.2, 0.25) is 0 Å². The van der Waals surface area contributed by atoms with Gasteiger partial charge in [-0.25, -0.2) is 0 Å². The van der Waals surface area contributed by atoms with E-state index in [-0.39, 0.29) is 5.75 Å². The van der Waals surface area contributed by atoms with E-state index in [1.54, 1.807) is 6.07 Å². The van der Waals surface area contributed by atoms with Crippen molar-refractivity contribution in [3.05, 3.63) is 16.1 Å². The van der Waals surface area contributed by atoms with E-state index >= 15 is 0 Å². The Morgan fingerprint density at radius 2 is 2.12 bits per heavy atom. The maximum Gasteiger partial charge on any atom is 0.178 e. The van der Waals surface area contributed by atoms with E-state index in [0.29, 0.717) is 34.4 Å². The molecule has 0 aliphatic carbocycles. The first-order chi connectivity index (χ1) is 7.65. The second-order valence-electron chi connectivity index (χ2n) is 3.14. The number of halogens is 1. The van der Waals surface area contributed by atoms with Crippen LogP contribution in [0.1, 0.15) is 12.0 Å². The lowest BCUT2D eigenvalue weighted by Gasteiger charge is -2.13. The van der Waals surface area contributed by atoms with Crippen LogP contribution in [0.4, 0.5) is 0 Å². The number of hydrogen-bond donors (Lipinski definition) is 1. The van der Waals surface area contributed by atoms with E-state index in [0.717, 1.165) is 6.29 Å². The zero-order chi connectivity index (χ0) is 12.1. The summed E-state index contributed by atoms with van der Waals surface area (Å²) in [5.41, 5.74) is 0.650. The third kappa shape index (κ3) is 2.47. The van der Waals surface area contributed by atoms with Crippen molar-refractivity contribution < 1.29 is 19.4 Å². The van der Waals surface area contributed by atoms with E-state index in [4.69, 9.17) is 9.47 Å². The number of ether oxygens (including phenoxy) is 2. The highest BCUT2D eigenvalue weighted by Gasteiger charge is 2.16. The van der Waals surface area contributed by atoms with E-state index in [9.17, 15) is 9.90 Å². The third-order valence-corrected chi connectivity index (χ3v) is 2.93. The van der Waals surface area contributed by atoms with Crippen LogP contribution in [-0.4, -0.2) is 25.6 Å². The van der Waals surface area contributed by atoms with E-state index in [1.807, 2.05) is 0 Å². The van der Waals surface area contributed by atoms with Gasteiger partial charge in [-0.1, -0.05) is 0 Å². The molecular weight excluding hydrogens is 276 g/mol. The first-order valence-electron chi connectivity index (χ1n) is 4.71. The minimum absolute atomic E-state index is 0.0829. The van der Waals surface area contributed by atoms with Crippen molar-refractivity contribution in [1.82, 2.24) is 0 Å². The van der Waals surface area contributed by atoms with Crippen LogP contribution in [0, 0.1) is 0 Å². The number of carbonyl (C=O) groups excluding carboxylic acids is 1. The standard InChI is InChI=1S/C11H13BrO4/c1-15-8-6-7(4-3-5-13)10(14)9(12)11(8)16-2/h5-6,14H,3-4H2,1-2H3. The first-order valence-corrected chi connectivity index (χ1v) is 5.51. The van der Waals surface area contributed by atoms with Crippen molar-refractivity contribution in [1.29, 1.82) is 0 Å². The summed E-state index contributed by atoms with van der Waals surface area (Å²) in [4.78, 5) is 10.3. The molecule has 16 heavy (non-hydrogen) atoms. The van der Waals surface area contributed by atoms with Crippen LogP contribution in [0.3, 0.4) is 0 Å². The van der Waals surface area contributed by atoms with Gasteiger partial charge in [-0.3, -0.25) is 0 Å². The topological polar surface area (TPSA) is 55.8 Å². The molecule has 1 N–H and O–H groups in total. The molecule has 0 aromatic heterocycles. The van der Waals surface area contributed by atoms with Crippen molar-refractivity contribution in [2.75, 3.05) is 14.2 Å². The third-order valence-electron chi connectivity index (χ3n) is 2.20. The highest BCUT2D eigenvalue weighted by molar-refractivity contribution is 9.10. The van der Waals surface area contributed by atoms with Gasteiger partial charge in [0.05, 0.1) is 14.2 Å². The molecule has 0 aliphatic heterocycles. The summed E-state index contributed by atoms with van der Waals surface area (Å²) in [5, 5.41) is 9.86. The molecule has 1 rings (SSSR count). The number of phenols is 1. The van der Waals surface area contributed by atoms with Gasteiger partial charge in [-0.2, -0.15) is 0 Å². The lowest BCUT2D eigenvalue weighted by molar-refractivity contribution is -0.107. The summed E-state index contributed by atoms with van der Waals surface area (Å²) >= 11 is 3.23. The van der Waals surface area contributed by atoms with Gasteiger partial charge < -0.3 is 19.4 Å². The molecular formula is C11H13BrO4. The van der Waals surface area contributed by atoms with Crippen molar-refractivity contribution in [3.8, 4) is 17.2 Å². The monoisotopic (exact) mass is 288 g/mol. The zero-order valence-corrected chi connectivity index (χ0v) is 10.7. The minimum atomic E-state index is 0.0829. The number of benzene rings is 1. The molecule has 4 nitrogen and oxygen atoms in total. The zero-order valence-electron chi connectivity index (χ0n) is 9.12. The fraction of sp³-hybridized carbons (Fsp3) is 0.364. The molecule has 0 spiro atoms. The van der Waals surface area contributed by atoms with E-state index in [2.05, 4.69) is 15.9 Å². The van der Waals surface area contributed by atoms with Crippen LogP contribution in [0.15, 0.2) is 10.5 Å². The van der Waals surface area contributed by atoms with Crippen LogP contribution < -0.4 is 9.47 Å². The molecule has 88 valence electrons. The van der Waals surface area contributed by atoms with Gasteiger partial charge in [-0.15, -0.1) is 0 Å². The summed E-state index contributed by atoms with van der Waals surface area (Å²) in [5.74, 6) is 1.04. The van der Waals surface area contributed by atoms with Gasteiger partial charge in [0.15, 0.2) is 11.5 Å². The van der Waals surface area contributed by atoms with E-state index < -0.39 is 0 Å². The molecule has 0 heterocycles. The molecule has 0 bridgehead atoms. The quantitative estimate of drug-likeness (QED) is 0.845. The Kier molecular flexibility index (Phi) is 4.61. The number of aldehydes is 1. The maximum absolute atomic E-state index is 10.3. The van der Waals surface area contributed by atoms with Gasteiger partial charge in [0, 0.05) is 6.42 Å². The number of aromatic hydroxyl groups is 1. The van der Waals surface area contributed by atoms with Crippen LogP contribution in [-0.2, 0) is 11.2 Å². The largest absolute Gasteiger partial charge is 0.506 e. The maximum atomic E-state index is 10.3. The molecule has 0 saturated heterocycles. The van der Waals surface area contributed by atoms with Crippen molar-refractivity contribution in [2.45, 2.75) is 12.8 Å². The Balaban J connectivity index is 3.21. The summed E-state index contributed by atoms with van der Waals surface area (Å²) in [6.45, 7) is 0. The molecule has 1 aromatic rings. The molecule has 0 atom stereocenters. The fourth-order valence-corrected chi connectivity index (χ4v) is 2.01. The first kappa shape index (κ1) is 12.8. The lowest BCUT2D eigenvalue weighted by Crippen LogP contribution is -1.96. The van der Waals surface area contributed by atoms with Gasteiger partial charge in [0.1, 0.15) is 16.5 Å². The second kappa shape index (κ2) is 5.75. The molecule has 5 heteroatoms. The number of rotatable bonds is 5. The summed E-state index contributed by atoms with van der Waals surface area (Å²) in [7, 11) is 3.01. The Hall–Kier alpha value is -1.23. The predicted molar refractivity (Wildman–Crippen MR) is 63.3 cm³/mol. The highest BCUT2D eigenvalue weighted by Crippen LogP contribution is 2.43. The minimum Gasteiger partial charge on any atom is -0.506 e. The number of phenolic OH excluding ortho intramolecular Hbond substituents is 1. The number of methoxy groups -OCH3 is 2. The van der Waals surface area contributed by atoms with Gasteiger partial charge in [-0.05, 0) is 34.0 Å². The van der Waals surface area contributed by atoms with Crippen LogP contribution in [0.5, 0.6) is 17.2 Å². The molecule has 0 radical (unpaired) electrons. The fourth-order valence-electron chi connectivity index (χ4n) is 1.40. The second-order valence-corrected chi connectivity index (χ2v) is 3.93. The average Bonchev–Trinajstić information content (AvgIpc) is 2.30. The van der Waals surface area contributed by atoms with Crippen LogP contribution in [0.25, 0.3) is 0 Å². The number of aryl methyl sites for hydroxylation is 1. The SMILES string of the molecule is COc1cc(CCC=O)c(O)c(Br)c1OC. The Bertz CT molecular complexity index is 390. The van der Waals surface area contributed by atoms with Gasteiger partial charge in [0.25, 0.3) is 0 Å². The van der Waals surface area contributed by atoms with Crippen LogP contribution >= 0.6 is 15.9 Å². The average molecular weight is 289 g/mol. The molecule has 0 fully saturated rings. The molecule has 1 aromatic carbocycles. The summed E-state index contributed by atoms with van der Waals surface area (Å²) in [6.07, 6.45) is 1.63. The van der Waals surface area contributed by atoms with Gasteiger partial charge >= 0.3 is 0 Å². The smallest absolute Gasteiger partial charge is 0.178 e. The summed E-state index contributed by atoms with van der Waals surface area (Å²) < 4.78 is 10.7. The Morgan fingerprint density at radius 1 is 1.44 bits per heavy atom. The molecule has 0 amide bonds. The van der Waals surface area contributed by atoms with Crippen molar-refractivity contribution in [2.24, 2.45) is 0 Å². The Labute approximate surface area is 102 Å².